The van der Waals surface area contributed by atoms with E-state index in [2.05, 4.69) is 35.6 Å². The summed E-state index contributed by atoms with van der Waals surface area (Å²) in [5, 5.41) is 14.1. The molecule has 0 radical (unpaired) electrons. The molecule has 3 heterocycles. The Morgan fingerprint density at radius 3 is 3.17 bits per heavy atom. The third kappa shape index (κ3) is 1.93. The van der Waals surface area contributed by atoms with Gasteiger partial charge in [0.2, 0.25) is 11.8 Å². The number of aromatic amines is 1. The van der Waals surface area contributed by atoms with E-state index in [4.69, 9.17) is 10.3 Å². The fraction of sp³-hybridized carbons (Fsp3) is 0.222. The number of fused-ring (bicyclic) bond motifs is 1. The van der Waals surface area contributed by atoms with Crippen LogP contribution in [0.5, 0.6) is 0 Å². The maximum atomic E-state index is 5.60. The molecule has 18 heavy (non-hydrogen) atoms. The van der Waals surface area contributed by atoms with Gasteiger partial charge in [-0.3, -0.25) is 5.10 Å². The van der Waals surface area contributed by atoms with Gasteiger partial charge < -0.3 is 15.6 Å². The van der Waals surface area contributed by atoms with Crippen LogP contribution in [0.2, 0.25) is 0 Å². The van der Waals surface area contributed by atoms with Crippen LogP contribution in [0.25, 0.3) is 11.0 Å². The van der Waals surface area contributed by atoms with Crippen LogP contribution >= 0.6 is 0 Å². The maximum Gasteiger partial charge on any atom is 0.228 e. The van der Waals surface area contributed by atoms with Crippen molar-refractivity contribution in [3.05, 3.63) is 18.4 Å². The van der Waals surface area contributed by atoms with Gasteiger partial charge >= 0.3 is 0 Å². The molecule has 0 aliphatic heterocycles. The summed E-state index contributed by atoms with van der Waals surface area (Å²) in [5.41, 5.74) is 6.20. The smallest absolute Gasteiger partial charge is 0.228 e. The third-order valence-electron chi connectivity index (χ3n) is 2.37. The summed E-state index contributed by atoms with van der Waals surface area (Å²) in [5.74, 6) is 1.38. The van der Waals surface area contributed by atoms with Gasteiger partial charge in [-0.15, -0.1) is 0 Å². The Hall–Kier alpha value is -2.71. The van der Waals surface area contributed by atoms with Crippen molar-refractivity contribution >= 4 is 22.8 Å². The molecule has 3 rings (SSSR count). The highest BCUT2D eigenvalue weighted by atomic mass is 16.5. The number of anilines is 2. The second-order valence-corrected chi connectivity index (χ2v) is 3.57. The SMILES string of the molecule is Nc1nc(NCCc2ncno2)c2cn[nH]c2n1. The molecule has 4 N–H and O–H groups in total. The van der Waals surface area contributed by atoms with Crippen LogP contribution in [-0.4, -0.2) is 36.9 Å². The number of aromatic nitrogens is 6. The zero-order valence-electron chi connectivity index (χ0n) is 9.29. The lowest BCUT2D eigenvalue weighted by Gasteiger charge is -2.05. The van der Waals surface area contributed by atoms with Crippen molar-refractivity contribution in [1.82, 2.24) is 30.3 Å². The van der Waals surface area contributed by atoms with Gasteiger partial charge in [-0.2, -0.15) is 20.1 Å². The summed E-state index contributed by atoms with van der Waals surface area (Å²) < 4.78 is 4.89. The molecule has 0 fully saturated rings. The van der Waals surface area contributed by atoms with Gasteiger partial charge in [0, 0.05) is 13.0 Å². The van der Waals surface area contributed by atoms with Crippen LogP contribution in [-0.2, 0) is 6.42 Å². The van der Waals surface area contributed by atoms with Gasteiger partial charge in [0.15, 0.2) is 12.0 Å². The average Bonchev–Trinajstić information content (AvgIpc) is 2.98. The summed E-state index contributed by atoms with van der Waals surface area (Å²) in [4.78, 5) is 12.1. The molecule has 92 valence electrons. The molecule has 0 aliphatic carbocycles. The molecule has 0 saturated heterocycles. The first-order chi connectivity index (χ1) is 8.83. The molecular weight excluding hydrogens is 236 g/mol. The zero-order chi connectivity index (χ0) is 12.4. The minimum Gasteiger partial charge on any atom is -0.369 e. The molecule has 0 atom stereocenters. The average molecular weight is 246 g/mol. The van der Waals surface area contributed by atoms with Crippen LogP contribution in [0.3, 0.4) is 0 Å². The molecule has 9 nitrogen and oxygen atoms in total. The molecule has 9 heteroatoms. The molecule has 0 spiro atoms. The predicted molar refractivity (Wildman–Crippen MR) is 62.6 cm³/mol. The number of H-pyrrole nitrogens is 1. The number of nitrogens with one attached hydrogen (secondary N) is 2. The summed E-state index contributed by atoms with van der Waals surface area (Å²) in [6.07, 6.45) is 3.61. The first-order valence-corrected chi connectivity index (χ1v) is 5.29. The Labute approximate surface area is 101 Å². The number of hydrogen-bond donors (Lipinski definition) is 3. The first kappa shape index (κ1) is 10.4. The Bertz CT molecular complexity index is 646. The van der Waals surface area contributed by atoms with Crippen LogP contribution < -0.4 is 11.1 Å². The summed E-state index contributed by atoms with van der Waals surface area (Å²) in [7, 11) is 0. The van der Waals surface area contributed by atoms with E-state index in [9.17, 15) is 0 Å². The highest BCUT2D eigenvalue weighted by Gasteiger charge is 2.08. The van der Waals surface area contributed by atoms with E-state index in [1.807, 2.05) is 0 Å². The number of nitrogen functional groups attached to an aromatic ring is 1. The molecule has 0 saturated carbocycles. The normalized spacial score (nSPS) is 10.9. The molecule has 0 aromatic carbocycles. The summed E-state index contributed by atoms with van der Waals surface area (Å²) in [6.45, 7) is 0.596. The Morgan fingerprint density at radius 1 is 1.39 bits per heavy atom. The number of nitrogens with two attached hydrogens (primary N) is 1. The first-order valence-electron chi connectivity index (χ1n) is 5.29. The van der Waals surface area contributed by atoms with Crippen LogP contribution in [0, 0.1) is 0 Å². The minimum absolute atomic E-state index is 0.187. The fourth-order valence-corrected chi connectivity index (χ4v) is 1.58. The highest BCUT2D eigenvalue weighted by molar-refractivity contribution is 5.86. The number of hydrogen-bond acceptors (Lipinski definition) is 8. The van der Waals surface area contributed by atoms with Crippen molar-refractivity contribution in [3.8, 4) is 0 Å². The molecule has 0 aliphatic rings. The van der Waals surface area contributed by atoms with Crippen molar-refractivity contribution in [1.29, 1.82) is 0 Å². The van der Waals surface area contributed by atoms with E-state index in [0.29, 0.717) is 30.3 Å². The second-order valence-electron chi connectivity index (χ2n) is 3.57. The third-order valence-corrected chi connectivity index (χ3v) is 2.37. The van der Waals surface area contributed by atoms with E-state index in [1.165, 1.54) is 6.33 Å². The molecular formula is C9H10N8O. The quantitative estimate of drug-likeness (QED) is 0.584. The lowest BCUT2D eigenvalue weighted by Crippen LogP contribution is -2.08. The predicted octanol–water partition coefficient (Wildman–Crippen LogP) is -0.0273. The van der Waals surface area contributed by atoms with Crippen LogP contribution in [0.1, 0.15) is 5.89 Å². The zero-order valence-corrected chi connectivity index (χ0v) is 9.29. The minimum atomic E-state index is 0.187. The number of rotatable bonds is 4. The molecule has 3 aromatic rings. The van der Waals surface area contributed by atoms with E-state index in [-0.39, 0.29) is 5.95 Å². The van der Waals surface area contributed by atoms with Crippen molar-refractivity contribution < 1.29 is 4.52 Å². The highest BCUT2D eigenvalue weighted by Crippen LogP contribution is 2.18. The van der Waals surface area contributed by atoms with Crippen molar-refractivity contribution in [2.45, 2.75) is 6.42 Å². The topological polar surface area (TPSA) is 131 Å². The van der Waals surface area contributed by atoms with E-state index < -0.39 is 0 Å². The van der Waals surface area contributed by atoms with Gasteiger partial charge in [-0.25, -0.2) is 0 Å². The van der Waals surface area contributed by atoms with E-state index in [1.54, 1.807) is 6.20 Å². The van der Waals surface area contributed by atoms with Gasteiger partial charge in [0.25, 0.3) is 0 Å². The summed E-state index contributed by atoms with van der Waals surface area (Å²) >= 11 is 0. The van der Waals surface area contributed by atoms with E-state index >= 15 is 0 Å². The van der Waals surface area contributed by atoms with Crippen molar-refractivity contribution in [3.63, 3.8) is 0 Å². The molecule has 0 bridgehead atoms. The van der Waals surface area contributed by atoms with Gasteiger partial charge in [0.05, 0.1) is 11.6 Å². The second kappa shape index (κ2) is 4.28. The van der Waals surface area contributed by atoms with Gasteiger partial charge in [0.1, 0.15) is 5.82 Å². The monoisotopic (exact) mass is 246 g/mol. The van der Waals surface area contributed by atoms with Gasteiger partial charge in [-0.05, 0) is 0 Å². The van der Waals surface area contributed by atoms with Crippen molar-refractivity contribution in [2.24, 2.45) is 0 Å². The standard InChI is InChI=1S/C9H10N8O/c10-9-15-7(5-3-13-17-8(5)16-9)11-2-1-6-12-4-14-18-6/h3-4H,1-2H2,(H4,10,11,13,15,16,17). The largest absolute Gasteiger partial charge is 0.369 e. The van der Waals surface area contributed by atoms with E-state index in [0.717, 1.165) is 5.39 Å². The summed E-state index contributed by atoms with van der Waals surface area (Å²) in [6, 6.07) is 0. The van der Waals surface area contributed by atoms with Gasteiger partial charge in [-0.1, -0.05) is 5.16 Å². The number of nitrogens with zero attached hydrogens (tertiary/aromatic N) is 5. The van der Waals surface area contributed by atoms with Crippen LogP contribution in [0.15, 0.2) is 17.0 Å². The maximum absolute atomic E-state index is 5.60. The fourth-order valence-electron chi connectivity index (χ4n) is 1.58. The molecule has 0 amide bonds. The molecule has 3 aromatic heterocycles. The molecule has 0 unspecified atom stereocenters. The van der Waals surface area contributed by atoms with Crippen LogP contribution in [0.4, 0.5) is 11.8 Å². The lowest BCUT2D eigenvalue weighted by molar-refractivity contribution is 0.380. The Morgan fingerprint density at radius 2 is 2.33 bits per heavy atom. The lowest BCUT2D eigenvalue weighted by atomic mass is 10.3. The van der Waals surface area contributed by atoms with Crippen molar-refractivity contribution in [2.75, 3.05) is 17.6 Å². The Kier molecular flexibility index (Phi) is 2.48. The Balaban J connectivity index is 1.75.